The molecule has 0 unspecified atom stereocenters. The van der Waals surface area contributed by atoms with Gasteiger partial charge in [0.2, 0.25) is 0 Å². The second kappa shape index (κ2) is 5.16. The Bertz CT molecular complexity index is 331. The molecule has 0 aromatic carbocycles. The first-order chi connectivity index (χ1) is 8.50. The zero-order valence-electron chi connectivity index (χ0n) is 10.9. The molecule has 18 heavy (non-hydrogen) atoms. The zero-order chi connectivity index (χ0) is 13.2. The van der Waals surface area contributed by atoms with Gasteiger partial charge < -0.3 is 15.3 Å². The Morgan fingerprint density at radius 2 is 1.89 bits per heavy atom. The summed E-state index contributed by atoms with van der Waals surface area (Å²) in [6.07, 6.45) is 6.14. The van der Waals surface area contributed by atoms with Crippen molar-refractivity contribution in [3.63, 3.8) is 0 Å². The summed E-state index contributed by atoms with van der Waals surface area (Å²) in [6.45, 7) is 3.62. The first-order valence-corrected chi connectivity index (χ1v) is 6.76. The van der Waals surface area contributed by atoms with Gasteiger partial charge in [0.25, 0.3) is 0 Å². The fourth-order valence-electron chi connectivity index (χ4n) is 2.78. The second-order valence-corrected chi connectivity index (χ2v) is 5.97. The highest BCUT2D eigenvalue weighted by Gasteiger charge is 2.36. The SMILES string of the molecule is CC1(CNC(=O)N2CC(C(=O)O)C2)CCCCC1. The number of amides is 2. The number of hydrogen-bond acceptors (Lipinski definition) is 2. The number of nitrogens with zero attached hydrogens (tertiary/aromatic N) is 1. The van der Waals surface area contributed by atoms with E-state index < -0.39 is 5.97 Å². The number of hydrogen-bond donors (Lipinski definition) is 2. The number of carboxylic acid groups (broad SMARTS) is 1. The summed E-state index contributed by atoms with van der Waals surface area (Å²) in [5, 5.41) is 11.7. The highest BCUT2D eigenvalue weighted by molar-refractivity contribution is 5.79. The monoisotopic (exact) mass is 254 g/mol. The van der Waals surface area contributed by atoms with Crippen LogP contribution >= 0.6 is 0 Å². The second-order valence-electron chi connectivity index (χ2n) is 5.97. The molecule has 2 aliphatic rings. The highest BCUT2D eigenvalue weighted by Crippen LogP contribution is 2.35. The minimum atomic E-state index is -0.807. The molecule has 102 valence electrons. The number of carbonyl (C=O) groups excluding carboxylic acids is 1. The average Bonchev–Trinajstić information content (AvgIpc) is 2.25. The molecule has 5 nitrogen and oxygen atoms in total. The van der Waals surface area contributed by atoms with Crippen LogP contribution in [-0.2, 0) is 4.79 Å². The van der Waals surface area contributed by atoms with Gasteiger partial charge in [-0.15, -0.1) is 0 Å². The molecule has 0 aromatic heterocycles. The van der Waals surface area contributed by atoms with Crippen molar-refractivity contribution in [2.45, 2.75) is 39.0 Å². The maximum Gasteiger partial charge on any atom is 0.317 e. The van der Waals surface area contributed by atoms with E-state index in [0.29, 0.717) is 19.6 Å². The van der Waals surface area contributed by atoms with Crippen molar-refractivity contribution in [3.8, 4) is 0 Å². The fourth-order valence-corrected chi connectivity index (χ4v) is 2.78. The molecule has 1 saturated carbocycles. The van der Waals surface area contributed by atoms with E-state index in [1.807, 2.05) is 0 Å². The third-order valence-corrected chi connectivity index (χ3v) is 4.25. The predicted octanol–water partition coefficient (Wildman–Crippen LogP) is 1.68. The lowest BCUT2D eigenvalue weighted by atomic mass is 9.76. The summed E-state index contributed by atoms with van der Waals surface area (Å²) in [5.41, 5.74) is 0.227. The summed E-state index contributed by atoms with van der Waals surface area (Å²) in [4.78, 5) is 24.0. The molecule has 2 rings (SSSR count). The number of aliphatic carboxylic acids is 1. The van der Waals surface area contributed by atoms with E-state index in [1.54, 1.807) is 4.90 Å². The van der Waals surface area contributed by atoms with E-state index in [-0.39, 0.29) is 17.4 Å². The summed E-state index contributed by atoms with van der Waals surface area (Å²) < 4.78 is 0. The first kappa shape index (κ1) is 13.2. The van der Waals surface area contributed by atoms with Gasteiger partial charge in [-0.2, -0.15) is 0 Å². The molecule has 0 spiro atoms. The van der Waals surface area contributed by atoms with Crippen molar-refractivity contribution in [2.24, 2.45) is 11.3 Å². The predicted molar refractivity (Wildman–Crippen MR) is 67.3 cm³/mol. The van der Waals surface area contributed by atoms with E-state index in [2.05, 4.69) is 12.2 Å². The average molecular weight is 254 g/mol. The molecule has 2 N–H and O–H groups in total. The molecule has 0 bridgehead atoms. The van der Waals surface area contributed by atoms with Gasteiger partial charge in [-0.05, 0) is 18.3 Å². The molecule has 0 aromatic rings. The molecule has 2 amide bonds. The summed E-state index contributed by atoms with van der Waals surface area (Å²) in [6, 6.07) is -0.112. The molecule has 2 fully saturated rings. The lowest BCUT2D eigenvalue weighted by molar-refractivity contribution is -0.146. The van der Waals surface area contributed by atoms with Crippen molar-refractivity contribution in [3.05, 3.63) is 0 Å². The fraction of sp³-hybridized carbons (Fsp3) is 0.846. The van der Waals surface area contributed by atoms with Crippen LogP contribution in [0.2, 0.25) is 0 Å². The van der Waals surface area contributed by atoms with E-state index in [1.165, 1.54) is 32.1 Å². The third-order valence-electron chi connectivity index (χ3n) is 4.25. The molecule has 0 radical (unpaired) electrons. The van der Waals surface area contributed by atoms with Gasteiger partial charge in [0.1, 0.15) is 0 Å². The quantitative estimate of drug-likeness (QED) is 0.805. The highest BCUT2D eigenvalue weighted by atomic mass is 16.4. The van der Waals surface area contributed by atoms with Gasteiger partial charge in [0.05, 0.1) is 5.92 Å². The van der Waals surface area contributed by atoms with Crippen LogP contribution < -0.4 is 5.32 Å². The molecular formula is C13H22N2O3. The lowest BCUT2D eigenvalue weighted by Gasteiger charge is -2.39. The standard InChI is InChI=1S/C13H22N2O3/c1-13(5-3-2-4-6-13)9-14-12(18)15-7-10(8-15)11(16)17/h10H,2-9H2,1H3,(H,14,18)(H,16,17). The van der Waals surface area contributed by atoms with Crippen LogP contribution in [0, 0.1) is 11.3 Å². The van der Waals surface area contributed by atoms with Crippen LogP contribution in [0.1, 0.15) is 39.0 Å². The van der Waals surface area contributed by atoms with Gasteiger partial charge >= 0.3 is 12.0 Å². The first-order valence-electron chi connectivity index (χ1n) is 6.76. The maximum atomic E-state index is 11.8. The molecule has 5 heteroatoms. The number of nitrogens with one attached hydrogen (secondary N) is 1. The van der Waals surface area contributed by atoms with E-state index >= 15 is 0 Å². The van der Waals surface area contributed by atoms with Crippen LogP contribution in [-0.4, -0.2) is 41.6 Å². The Morgan fingerprint density at radius 1 is 1.28 bits per heavy atom. The van der Waals surface area contributed by atoms with Crippen molar-refractivity contribution in [2.75, 3.05) is 19.6 Å². The van der Waals surface area contributed by atoms with Crippen LogP contribution in [0.25, 0.3) is 0 Å². The Labute approximate surface area is 108 Å². The van der Waals surface area contributed by atoms with Crippen LogP contribution in [0.15, 0.2) is 0 Å². The molecule has 1 saturated heterocycles. The smallest absolute Gasteiger partial charge is 0.317 e. The maximum absolute atomic E-state index is 11.8. The van der Waals surface area contributed by atoms with Gasteiger partial charge in [0, 0.05) is 19.6 Å². The molecule has 1 aliphatic carbocycles. The Morgan fingerprint density at radius 3 is 2.44 bits per heavy atom. The van der Waals surface area contributed by atoms with Gasteiger partial charge in [0.15, 0.2) is 0 Å². The summed E-state index contributed by atoms with van der Waals surface area (Å²) >= 11 is 0. The normalized spacial score (nSPS) is 23.3. The largest absolute Gasteiger partial charge is 0.481 e. The van der Waals surface area contributed by atoms with Crippen molar-refractivity contribution >= 4 is 12.0 Å². The Balaban J connectivity index is 1.71. The van der Waals surface area contributed by atoms with Crippen molar-refractivity contribution < 1.29 is 14.7 Å². The van der Waals surface area contributed by atoms with E-state index in [9.17, 15) is 9.59 Å². The summed E-state index contributed by atoms with van der Waals surface area (Å²) in [7, 11) is 0. The molecule has 1 heterocycles. The zero-order valence-corrected chi connectivity index (χ0v) is 10.9. The molecule has 1 aliphatic heterocycles. The topological polar surface area (TPSA) is 69.6 Å². The van der Waals surface area contributed by atoms with Crippen LogP contribution in [0.5, 0.6) is 0 Å². The Kier molecular flexibility index (Phi) is 3.78. The molecular weight excluding hydrogens is 232 g/mol. The number of rotatable bonds is 3. The minimum Gasteiger partial charge on any atom is -0.481 e. The Hall–Kier alpha value is -1.26. The van der Waals surface area contributed by atoms with Crippen molar-refractivity contribution in [1.82, 2.24) is 10.2 Å². The molecule has 0 atom stereocenters. The van der Waals surface area contributed by atoms with Crippen LogP contribution in [0.4, 0.5) is 4.79 Å². The van der Waals surface area contributed by atoms with Gasteiger partial charge in [-0.1, -0.05) is 26.2 Å². The minimum absolute atomic E-state index is 0.112. The number of likely N-dealkylation sites (tertiary alicyclic amines) is 1. The third kappa shape index (κ3) is 2.94. The lowest BCUT2D eigenvalue weighted by Crippen LogP contribution is -2.57. The number of carboxylic acids is 1. The van der Waals surface area contributed by atoms with E-state index in [0.717, 1.165) is 0 Å². The summed E-state index contributed by atoms with van der Waals surface area (Å²) in [5.74, 6) is -1.18. The van der Waals surface area contributed by atoms with Crippen molar-refractivity contribution in [1.29, 1.82) is 0 Å². The van der Waals surface area contributed by atoms with Gasteiger partial charge in [-0.3, -0.25) is 4.79 Å². The number of carbonyl (C=O) groups is 2. The van der Waals surface area contributed by atoms with E-state index in [4.69, 9.17) is 5.11 Å². The van der Waals surface area contributed by atoms with Gasteiger partial charge in [-0.25, -0.2) is 4.79 Å². The van der Waals surface area contributed by atoms with Crippen LogP contribution in [0.3, 0.4) is 0 Å². The number of urea groups is 1.